The molecule has 21 heavy (non-hydrogen) atoms. The van der Waals surface area contributed by atoms with E-state index in [2.05, 4.69) is 10.2 Å². The lowest BCUT2D eigenvalue weighted by Crippen LogP contribution is -2.51. The summed E-state index contributed by atoms with van der Waals surface area (Å²) in [7, 11) is 1.89. The lowest BCUT2D eigenvalue weighted by molar-refractivity contribution is 0.0573. The Labute approximate surface area is 127 Å². The van der Waals surface area contributed by atoms with Crippen molar-refractivity contribution in [1.29, 1.82) is 0 Å². The van der Waals surface area contributed by atoms with Crippen LogP contribution in [0.5, 0.6) is 0 Å². The first-order chi connectivity index (χ1) is 10.3. The second-order valence-electron chi connectivity index (χ2n) is 6.09. The Morgan fingerprint density at radius 1 is 1.05 bits per heavy atom. The quantitative estimate of drug-likeness (QED) is 0.927. The number of piperazine rings is 1. The van der Waals surface area contributed by atoms with Gasteiger partial charge in [0.2, 0.25) is 0 Å². The van der Waals surface area contributed by atoms with Gasteiger partial charge < -0.3 is 10.2 Å². The van der Waals surface area contributed by atoms with E-state index < -0.39 is 0 Å². The van der Waals surface area contributed by atoms with Gasteiger partial charge in [-0.25, -0.2) is 0 Å². The van der Waals surface area contributed by atoms with Crippen LogP contribution in [0, 0.1) is 0 Å². The minimum absolute atomic E-state index is 0.170. The summed E-state index contributed by atoms with van der Waals surface area (Å²) in [6, 6.07) is 8.52. The van der Waals surface area contributed by atoms with Gasteiger partial charge in [-0.15, -0.1) is 0 Å². The zero-order chi connectivity index (χ0) is 14.7. The largest absolute Gasteiger partial charge is 0.388 e. The summed E-state index contributed by atoms with van der Waals surface area (Å²) in [6.45, 7) is 3.79. The van der Waals surface area contributed by atoms with Crippen LogP contribution >= 0.6 is 0 Å². The van der Waals surface area contributed by atoms with Crippen molar-refractivity contribution in [3.05, 3.63) is 29.8 Å². The average Bonchev–Trinajstić information content (AvgIpc) is 3.09. The predicted octanol–water partition coefficient (Wildman–Crippen LogP) is 2.43. The Morgan fingerprint density at radius 3 is 2.24 bits per heavy atom. The standard InChI is InChI=1S/C17H25N3O/c1-18-15-8-6-14(7-9-15)17(21)20-12-10-19(11-13-20)16-4-2-3-5-16/h6-9,16,18H,2-5,10-13H2,1H3. The highest BCUT2D eigenvalue weighted by Gasteiger charge is 2.28. The van der Waals surface area contributed by atoms with Gasteiger partial charge in [0.15, 0.2) is 0 Å². The van der Waals surface area contributed by atoms with Gasteiger partial charge in [-0.05, 0) is 37.1 Å². The summed E-state index contributed by atoms with van der Waals surface area (Å²) in [5, 5.41) is 3.08. The maximum Gasteiger partial charge on any atom is 0.253 e. The van der Waals surface area contributed by atoms with Crippen LogP contribution in [0.15, 0.2) is 24.3 Å². The van der Waals surface area contributed by atoms with Crippen LogP contribution in [0.4, 0.5) is 5.69 Å². The third kappa shape index (κ3) is 3.21. The summed E-state index contributed by atoms with van der Waals surface area (Å²) >= 11 is 0. The molecule has 1 saturated heterocycles. The van der Waals surface area contributed by atoms with Crippen LogP contribution < -0.4 is 5.32 Å². The molecule has 0 aromatic heterocycles. The Kier molecular flexibility index (Phi) is 4.44. The predicted molar refractivity (Wildman–Crippen MR) is 85.7 cm³/mol. The molecule has 114 valence electrons. The van der Waals surface area contributed by atoms with Gasteiger partial charge in [-0.3, -0.25) is 9.69 Å². The van der Waals surface area contributed by atoms with Crippen molar-refractivity contribution in [2.24, 2.45) is 0 Å². The maximum absolute atomic E-state index is 12.5. The first-order valence-electron chi connectivity index (χ1n) is 8.09. The summed E-state index contributed by atoms with van der Waals surface area (Å²) in [5.74, 6) is 0.170. The molecule has 0 radical (unpaired) electrons. The number of amides is 1. The maximum atomic E-state index is 12.5. The molecule has 4 nitrogen and oxygen atoms in total. The van der Waals surface area contributed by atoms with Crippen LogP contribution in [-0.2, 0) is 0 Å². The van der Waals surface area contributed by atoms with E-state index in [0.29, 0.717) is 0 Å². The van der Waals surface area contributed by atoms with Gasteiger partial charge in [0.25, 0.3) is 5.91 Å². The molecule has 3 rings (SSSR count). The SMILES string of the molecule is CNc1ccc(C(=O)N2CCN(C3CCCC3)CC2)cc1. The highest BCUT2D eigenvalue weighted by molar-refractivity contribution is 5.94. The zero-order valence-electron chi connectivity index (χ0n) is 12.8. The third-order valence-corrected chi connectivity index (χ3v) is 4.86. The Bertz CT molecular complexity index is 471. The summed E-state index contributed by atoms with van der Waals surface area (Å²) in [5.41, 5.74) is 1.83. The molecule has 2 aliphatic rings. The minimum Gasteiger partial charge on any atom is -0.388 e. The second-order valence-corrected chi connectivity index (χ2v) is 6.09. The number of carbonyl (C=O) groups excluding carboxylic acids is 1. The fraction of sp³-hybridized carbons (Fsp3) is 0.588. The minimum atomic E-state index is 0.170. The summed E-state index contributed by atoms with van der Waals surface area (Å²) in [6.07, 6.45) is 5.45. The van der Waals surface area contributed by atoms with E-state index >= 15 is 0 Å². The van der Waals surface area contributed by atoms with Crippen LogP contribution in [-0.4, -0.2) is 55.0 Å². The number of anilines is 1. The number of hydrogen-bond acceptors (Lipinski definition) is 3. The molecule has 1 N–H and O–H groups in total. The molecule has 1 aromatic carbocycles. The highest BCUT2D eigenvalue weighted by Crippen LogP contribution is 2.24. The summed E-state index contributed by atoms with van der Waals surface area (Å²) in [4.78, 5) is 17.1. The van der Waals surface area contributed by atoms with Crippen molar-refractivity contribution in [3.63, 3.8) is 0 Å². The molecular formula is C17H25N3O. The van der Waals surface area contributed by atoms with Crippen molar-refractivity contribution >= 4 is 11.6 Å². The van der Waals surface area contributed by atoms with Crippen LogP contribution in [0.1, 0.15) is 36.0 Å². The fourth-order valence-corrected chi connectivity index (χ4v) is 3.52. The van der Waals surface area contributed by atoms with Crippen LogP contribution in [0.3, 0.4) is 0 Å². The first-order valence-corrected chi connectivity index (χ1v) is 8.09. The van der Waals surface area contributed by atoms with Gasteiger partial charge >= 0.3 is 0 Å². The number of rotatable bonds is 3. The molecule has 1 aliphatic heterocycles. The number of nitrogens with zero attached hydrogens (tertiary/aromatic N) is 2. The van der Waals surface area contributed by atoms with Crippen molar-refractivity contribution in [2.45, 2.75) is 31.7 Å². The average molecular weight is 287 g/mol. The van der Waals surface area contributed by atoms with Crippen molar-refractivity contribution in [1.82, 2.24) is 9.80 Å². The van der Waals surface area contributed by atoms with Crippen LogP contribution in [0.2, 0.25) is 0 Å². The van der Waals surface area contributed by atoms with E-state index in [4.69, 9.17) is 0 Å². The van der Waals surface area contributed by atoms with Crippen molar-refractivity contribution < 1.29 is 4.79 Å². The molecule has 1 aromatic rings. The molecule has 4 heteroatoms. The molecule has 0 bridgehead atoms. The fourth-order valence-electron chi connectivity index (χ4n) is 3.52. The Hall–Kier alpha value is -1.55. The van der Waals surface area contributed by atoms with Gasteiger partial charge in [0.1, 0.15) is 0 Å². The molecule has 1 saturated carbocycles. The molecule has 0 atom stereocenters. The molecule has 1 aliphatic carbocycles. The smallest absolute Gasteiger partial charge is 0.253 e. The molecule has 0 unspecified atom stereocenters. The number of benzene rings is 1. The zero-order valence-corrected chi connectivity index (χ0v) is 12.8. The van der Waals surface area contributed by atoms with Crippen molar-refractivity contribution in [3.8, 4) is 0 Å². The van der Waals surface area contributed by atoms with E-state index in [1.165, 1.54) is 25.7 Å². The van der Waals surface area contributed by atoms with E-state index in [1.807, 2.05) is 36.2 Å². The lowest BCUT2D eigenvalue weighted by atomic mass is 10.1. The number of nitrogens with one attached hydrogen (secondary N) is 1. The molecule has 1 heterocycles. The van der Waals surface area contributed by atoms with Crippen LogP contribution in [0.25, 0.3) is 0 Å². The lowest BCUT2D eigenvalue weighted by Gasteiger charge is -2.38. The molecule has 2 fully saturated rings. The normalized spacial score (nSPS) is 20.7. The number of hydrogen-bond donors (Lipinski definition) is 1. The number of carbonyl (C=O) groups is 1. The van der Waals surface area contributed by atoms with Gasteiger partial charge in [-0.2, -0.15) is 0 Å². The van der Waals surface area contributed by atoms with E-state index in [9.17, 15) is 4.79 Å². The Balaban J connectivity index is 1.56. The van der Waals surface area contributed by atoms with E-state index in [-0.39, 0.29) is 5.91 Å². The van der Waals surface area contributed by atoms with Crippen molar-refractivity contribution in [2.75, 3.05) is 38.5 Å². The second kappa shape index (κ2) is 6.48. The first kappa shape index (κ1) is 14.4. The van der Waals surface area contributed by atoms with Gasteiger partial charge in [-0.1, -0.05) is 12.8 Å². The van der Waals surface area contributed by atoms with E-state index in [0.717, 1.165) is 43.5 Å². The van der Waals surface area contributed by atoms with Gasteiger partial charge in [0.05, 0.1) is 0 Å². The molecular weight excluding hydrogens is 262 g/mol. The summed E-state index contributed by atoms with van der Waals surface area (Å²) < 4.78 is 0. The topological polar surface area (TPSA) is 35.6 Å². The van der Waals surface area contributed by atoms with Gasteiger partial charge in [0, 0.05) is 50.5 Å². The third-order valence-electron chi connectivity index (χ3n) is 4.86. The van der Waals surface area contributed by atoms with E-state index in [1.54, 1.807) is 0 Å². The molecule has 1 amide bonds. The molecule has 0 spiro atoms. The monoisotopic (exact) mass is 287 g/mol. The Morgan fingerprint density at radius 2 is 1.67 bits per heavy atom. The highest BCUT2D eigenvalue weighted by atomic mass is 16.2.